The van der Waals surface area contributed by atoms with Crippen LogP contribution >= 0.6 is 147 Å². The number of likely N-dealkylation sites (N-methyl/N-ethyl adjacent to an activating group) is 4. The summed E-state index contributed by atoms with van der Waals surface area (Å²) >= 11 is 12.4. The number of aliphatic carboxylic acids is 1. The maximum Gasteiger partial charge on any atom is 0.364 e. The first kappa shape index (κ1) is 65.3. The van der Waals surface area contributed by atoms with E-state index >= 15 is 0 Å². The molecule has 0 aromatic heterocycles. The van der Waals surface area contributed by atoms with Crippen LogP contribution in [-0.2, 0) is 4.79 Å². The van der Waals surface area contributed by atoms with Gasteiger partial charge in [-0.05, 0) is 147 Å². The van der Waals surface area contributed by atoms with Crippen LogP contribution in [0.15, 0.2) is 0 Å². The molecule has 374 valence electrons. The van der Waals surface area contributed by atoms with Crippen LogP contribution in [0.4, 0.5) is 16.2 Å². The molecule has 0 fully saturated rings. The second-order valence-electron chi connectivity index (χ2n) is 13.8. The minimum Gasteiger partial charge on any atom is -0.481 e. The zero-order valence-electron chi connectivity index (χ0n) is 35.8. The molecule has 4 atom stereocenters. The summed E-state index contributed by atoms with van der Waals surface area (Å²) in [5.74, 6) is -2.53. The summed E-state index contributed by atoms with van der Waals surface area (Å²) in [6, 6.07) is 0. The number of rotatable bonds is 20. The number of aliphatic hydroxyl groups is 8. The van der Waals surface area contributed by atoms with Gasteiger partial charge in [-0.1, -0.05) is 0 Å². The highest BCUT2D eigenvalue weighted by Gasteiger charge is 2.32. The molecule has 4 amide bonds. The summed E-state index contributed by atoms with van der Waals surface area (Å²) < 4.78 is 3.06. The van der Waals surface area contributed by atoms with Crippen molar-refractivity contribution in [1.29, 1.82) is 0 Å². The molecule has 0 aliphatic rings. The van der Waals surface area contributed by atoms with Gasteiger partial charge in [0.1, 0.15) is 0 Å². The van der Waals surface area contributed by atoms with Crippen molar-refractivity contribution in [2.24, 2.45) is 0 Å². The van der Waals surface area contributed by atoms with E-state index in [1.54, 1.807) is 7.05 Å². The molecule has 2 rings (SSSR count). The number of carboxylic acid groups (broad SMARTS) is 2. The molecular weight excluding hydrogens is 1580 g/mol. The number of thioether (sulfide) groups is 1. The highest BCUT2D eigenvalue weighted by molar-refractivity contribution is 14.1. The zero-order chi connectivity index (χ0) is 51.5. The molecule has 0 aliphatic heterocycles. The summed E-state index contributed by atoms with van der Waals surface area (Å²) in [6.07, 6.45) is -4.41. The van der Waals surface area contributed by atoms with E-state index in [4.69, 9.17) is 36.4 Å². The number of hydrogen-bond acceptors (Lipinski definition) is 17. The number of amides is 4. The lowest BCUT2D eigenvalue weighted by molar-refractivity contribution is -0.136. The van der Waals surface area contributed by atoms with Crippen molar-refractivity contribution < 1.29 is 79.8 Å². The van der Waals surface area contributed by atoms with E-state index in [1.807, 2.05) is 136 Å². The number of hydrogen-bond donors (Lipinski definition) is 12. The van der Waals surface area contributed by atoms with Crippen molar-refractivity contribution in [3.8, 4) is 0 Å². The number of benzene rings is 2. The molecule has 66 heavy (non-hydrogen) atoms. The molecule has 4 unspecified atom stereocenters. The average molecular weight is 1630 g/mol. The van der Waals surface area contributed by atoms with Crippen LogP contribution < -0.4 is 11.1 Å². The highest BCUT2D eigenvalue weighted by Crippen LogP contribution is 2.37. The number of nitrogens with one attached hydrogen (secondary N) is 1. The van der Waals surface area contributed by atoms with Crippen LogP contribution in [0.5, 0.6) is 0 Å². The lowest BCUT2D eigenvalue weighted by atomic mass is 10.1. The fraction of sp³-hybridized carbons (Fsp3) is 0.514. The third-order valence-electron chi connectivity index (χ3n) is 8.48. The standard InChI is InChI=1S/C17H24I3N3O6.C16H22I3N3O6.C4H6O4S/c1-21-15-13(19)10(16(28)22(2)4-8(26)6-24)12(18)11(14(15)20)17(29)23(3)5-9(27)7-25;1-21(3-7(25)5-23)15(27)9-11(17)10(13(19)14(20)12(9)18)16(28)22(2)4-8(26)6-24;5-3(6)1-2-9-4(7)8/h8-9,21,24-27H,4-7H2,1-3H3;7-8,23-26H,3-6,20H2,1-2H3;1-2H2,(H,5,6)(H,7,8). The van der Waals surface area contributed by atoms with E-state index in [9.17, 15) is 49.2 Å². The molecule has 0 radical (unpaired) electrons. The molecule has 0 aliphatic carbocycles. The van der Waals surface area contributed by atoms with Crippen molar-refractivity contribution in [3.63, 3.8) is 0 Å². The third kappa shape index (κ3) is 19.8. The number of nitrogens with zero attached hydrogens (tertiary/aromatic N) is 4. The Balaban J connectivity index is 0.00000108. The number of halogens is 6. The van der Waals surface area contributed by atoms with Crippen LogP contribution in [0.1, 0.15) is 47.9 Å². The Kier molecular flexibility index (Phi) is 31.9. The maximum atomic E-state index is 13.1. The fourth-order valence-electron chi connectivity index (χ4n) is 5.13. The van der Waals surface area contributed by atoms with Crippen molar-refractivity contribution >= 4 is 194 Å². The van der Waals surface area contributed by atoms with E-state index in [1.165, 1.54) is 47.8 Å². The van der Waals surface area contributed by atoms with Gasteiger partial charge in [-0.25, -0.2) is 4.79 Å². The smallest absolute Gasteiger partial charge is 0.364 e. The molecule has 0 bridgehead atoms. The second-order valence-corrected chi connectivity index (χ2v) is 21.3. The molecule has 22 nitrogen and oxygen atoms in total. The molecule has 0 saturated heterocycles. The quantitative estimate of drug-likeness (QED) is 0.0654. The Labute approximate surface area is 466 Å². The largest absolute Gasteiger partial charge is 0.481 e. The van der Waals surface area contributed by atoms with Gasteiger partial charge in [0.2, 0.25) is 0 Å². The molecule has 13 N–H and O–H groups in total. The molecule has 0 spiro atoms. The minimum absolute atomic E-state index is 0.0613. The maximum absolute atomic E-state index is 13.1. The van der Waals surface area contributed by atoms with E-state index in [2.05, 4.69) is 5.32 Å². The second kappa shape index (κ2) is 32.3. The van der Waals surface area contributed by atoms with Crippen LogP contribution in [0.2, 0.25) is 0 Å². The molecule has 2 aromatic rings. The normalized spacial score (nSPS) is 12.5. The number of carboxylic acids is 1. The average Bonchev–Trinajstić information content (AvgIpc) is 3.25. The van der Waals surface area contributed by atoms with E-state index in [-0.39, 0.29) is 55.2 Å². The predicted octanol–water partition coefficient (Wildman–Crippen LogP) is 1.20. The molecule has 2 aromatic carbocycles. The molecule has 0 heterocycles. The van der Waals surface area contributed by atoms with E-state index in [0.717, 1.165) is 0 Å². The van der Waals surface area contributed by atoms with Gasteiger partial charge in [-0.2, -0.15) is 0 Å². The van der Waals surface area contributed by atoms with Crippen molar-refractivity contribution in [2.75, 3.05) is 105 Å². The van der Waals surface area contributed by atoms with Crippen LogP contribution in [0, 0.1) is 21.4 Å². The predicted molar refractivity (Wildman–Crippen MR) is 296 cm³/mol. The van der Waals surface area contributed by atoms with Crippen molar-refractivity contribution in [3.05, 3.63) is 43.7 Å². The summed E-state index contributed by atoms with van der Waals surface area (Å²) in [5, 5.41) is 92.6. The summed E-state index contributed by atoms with van der Waals surface area (Å²) in [7, 11) is 7.66. The first-order chi connectivity index (χ1) is 30.6. The van der Waals surface area contributed by atoms with Gasteiger partial charge in [0.15, 0.2) is 0 Å². The SMILES string of the molecule is CN(CC(O)CO)C(=O)c1c(I)c(N)c(I)c(C(=O)N(C)CC(O)CO)c1I.CNc1c(I)c(C(=O)N(C)CC(O)CO)c(I)c(C(=O)N(C)CC(O)CO)c1I.O=C(O)CCSC(=O)O. The van der Waals surface area contributed by atoms with Crippen LogP contribution in [0.25, 0.3) is 0 Å². The van der Waals surface area contributed by atoms with Crippen LogP contribution in [-0.4, -0.2) is 224 Å². The Morgan fingerprint density at radius 3 is 1.00 bits per heavy atom. The number of anilines is 2. The van der Waals surface area contributed by atoms with E-state index < -0.39 is 85.7 Å². The van der Waals surface area contributed by atoms with Gasteiger partial charge in [0.25, 0.3) is 23.6 Å². The summed E-state index contributed by atoms with van der Waals surface area (Å²) in [4.78, 5) is 76.6. The van der Waals surface area contributed by atoms with Crippen molar-refractivity contribution in [2.45, 2.75) is 30.8 Å². The lowest BCUT2D eigenvalue weighted by Crippen LogP contribution is -2.38. The number of carbonyl (C=O) groups is 6. The number of carbonyl (C=O) groups excluding carboxylic acids is 4. The van der Waals surface area contributed by atoms with Gasteiger partial charge in [-0.15, -0.1) is 0 Å². The first-order valence-corrected chi connectivity index (χ1v) is 26.2. The lowest BCUT2D eigenvalue weighted by Gasteiger charge is -2.26. The number of aliphatic hydroxyl groups excluding tert-OH is 8. The summed E-state index contributed by atoms with van der Waals surface area (Å²) in [6.45, 7) is -2.20. The Morgan fingerprint density at radius 2 is 0.788 bits per heavy atom. The van der Waals surface area contributed by atoms with Gasteiger partial charge >= 0.3 is 11.3 Å². The zero-order valence-corrected chi connectivity index (χ0v) is 49.6. The topological polar surface area (TPSA) is 356 Å². The molecular formula is C37H52I6N6O16S. The highest BCUT2D eigenvalue weighted by atomic mass is 127. The monoisotopic (exact) mass is 1630 g/mol. The van der Waals surface area contributed by atoms with Gasteiger partial charge in [0, 0.05) is 74.3 Å². The van der Waals surface area contributed by atoms with Gasteiger partial charge in [-0.3, -0.25) is 24.0 Å². The van der Waals surface area contributed by atoms with E-state index in [0.29, 0.717) is 50.0 Å². The Bertz CT molecular complexity index is 1900. The summed E-state index contributed by atoms with van der Waals surface area (Å²) in [5.41, 5.74) is 8.11. The van der Waals surface area contributed by atoms with Gasteiger partial charge < -0.3 is 81.7 Å². The Morgan fingerprint density at radius 1 is 0.530 bits per heavy atom. The Hall–Kier alpha value is -0.730. The fourth-order valence-corrected chi connectivity index (χ4v) is 14.3. The number of nitrogens with two attached hydrogens (primary N) is 1. The third-order valence-corrected chi connectivity index (χ3v) is 15.7. The molecule has 29 heteroatoms. The number of nitrogen functional groups attached to an aromatic ring is 1. The van der Waals surface area contributed by atoms with Crippen molar-refractivity contribution in [1.82, 2.24) is 19.6 Å². The van der Waals surface area contributed by atoms with Gasteiger partial charge in [0.05, 0.1) is 105 Å². The molecule has 0 saturated carbocycles. The minimum atomic E-state index is -1.09. The first-order valence-electron chi connectivity index (χ1n) is 18.7. The van der Waals surface area contributed by atoms with Crippen LogP contribution in [0.3, 0.4) is 0 Å².